The summed E-state index contributed by atoms with van der Waals surface area (Å²) in [4.78, 5) is 14.2. The molecule has 0 fully saturated rings. The molecule has 1 aromatic rings. The number of nitrogens with zero attached hydrogens (tertiary/aromatic N) is 1. The predicted molar refractivity (Wildman–Crippen MR) is 68.4 cm³/mol. The number of amides is 1. The lowest BCUT2D eigenvalue weighted by Crippen LogP contribution is -2.52. The van der Waals surface area contributed by atoms with Crippen molar-refractivity contribution in [3.05, 3.63) is 47.5 Å². The monoisotopic (exact) mass is 257 g/mol. The molecule has 19 heavy (non-hydrogen) atoms. The molecule has 4 rings (SSSR count). The van der Waals surface area contributed by atoms with Crippen molar-refractivity contribution in [2.75, 3.05) is 13.7 Å². The summed E-state index contributed by atoms with van der Waals surface area (Å²) in [5.41, 5.74) is 1.82. The van der Waals surface area contributed by atoms with E-state index in [1.165, 1.54) is 0 Å². The average Bonchev–Trinajstić information content (AvgIpc) is 2.99. The Hall–Kier alpha value is -1.81. The largest absolute Gasteiger partial charge is 0.469 e. The quantitative estimate of drug-likeness (QED) is 0.770. The highest BCUT2D eigenvalue weighted by Gasteiger charge is 2.53. The maximum absolute atomic E-state index is 12.2. The van der Waals surface area contributed by atoms with Gasteiger partial charge in [-0.05, 0) is 11.6 Å². The van der Waals surface area contributed by atoms with Crippen LogP contribution in [0, 0.1) is 0 Å². The Kier molecular flexibility index (Phi) is 2.10. The summed E-state index contributed by atoms with van der Waals surface area (Å²) < 4.78 is 11.1. The van der Waals surface area contributed by atoms with E-state index in [2.05, 4.69) is 0 Å². The number of hydrogen-bond donors (Lipinski definition) is 0. The first-order valence-electron chi connectivity index (χ1n) is 6.57. The van der Waals surface area contributed by atoms with E-state index in [0.717, 1.165) is 29.7 Å². The first kappa shape index (κ1) is 11.1. The topological polar surface area (TPSA) is 42.7 Å². The Labute approximate surface area is 111 Å². The van der Waals surface area contributed by atoms with Crippen LogP contribution in [0.3, 0.4) is 0 Å². The Morgan fingerprint density at radius 1 is 1.53 bits per heavy atom. The number of carbonyl (C=O) groups excluding carboxylic acids is 1. The van der Waals surface area contributed by atoms with E-state index >= 15 is 0 Å². The van der Waals surface area contributed by atoms with E-state index < -0.39 is 0 Å². The standard InChI is InChI=1S/C15H15NO3/c1-18-11-3-2-10-8-14(17)16-6-4-13-12(5-7-19-13)15(10,16)9-11/h2-3,5,7-8,11H,4,6,9H2,1H3/t11-,15+/m1/s1. The summed E-state index contributed by atoms with van der Waals surface area (Å²) >= 11 is 0. The smallest absolute Gasteiger partial charge is 0.247 e. The zero-order valence-corrected chi connectivity index (χ0v) is 10.8. The molecule has 98 valence electrons. The van der Waals surface area contributed by atoms with Crippen LogP contribution in [0.15, 0.2) is 40.5 Å². The van der Waals surface area contributed by atoms with Crippen molar-refractivity contribution in [2.45, 2.75) is 24.5 Å². The molecule has 4 nitrogen and oxygen atoms in total. The van der Waals surface area contributed by atoms with Crippen LogP contribution in [0.5, 0.6) is 0 Å². The second-order valence-corrected chi connectivity index (χ2v) is 5.29. The van der Waals surface area contributed by atoms with E-state index in [1.807, 2.05) is 23.1 Å². The van der Waals surface area contributed by atoms with Crippen LogP contribution in [0.1, 0.15) is 17.7 Å². The molecule has 2 aliphatic heterocycles. The van der Waals surface area contributed by atoms with Gasteiger partial charge in [0.05, 0.1) is 17.9 Å². The number of carbonyl (C=O) groups is 1. The molecular formula is C15H15NO3. The van der Waals surface area contributed by atoms with Crippen molar-refractivity contribution >= 4 is 5.91 Å². The first-order chi connectivity index (χ1) is 9.25. The second kappa shape index (κ2) is 3.61. The van der Waals surface area contributed by atoms with Crippen molar-refractivity contribution in [2.24, 2.45) is 0 Å². The molecule has 0 N–H and O–H groups in total. The van der Waals surface area contributed by atoms with Crippen LogP contribution in [0.2, 0.25) is 0 Å². The van der Waals surface area contributed by atoms with Gasteiger partial charge >= 0.3 is 0 Å². The minimum Gasteiger partial charge on any atom is -0.469 e. The molecular weight excluding hydrogens is 242 g/mol. The van der Waals surface area contributed by atoms with Gasteiger partial charge in [0.2, 0.25) is 5.91 Å². The molecule has 3 heterocycles. The van der Waals surface area contributed by atoms with Gasteiger partial charge in [-0.2, -0.15) is 0 Å². The lowest BCUT2D eigenvalue weighted by Gasteiger charge is -2.46. The third kappa shape index (κ3) is 1.24. The zero-order chi connectivity index (χ0) is 13.0. The minimum atomic E-state index is -0.368. The van der Waals surface area contributed by atoms with Gasteiger partial charge in [0.25, 0.3) is 0 Å². The molecule has 1 spiro atoms. The van der Waals surface area contributed by atoms with Gasteiger partial charge in [-0.3, -0.25) is 4.79 Å². The number of methoxy groups -OCH3 is 1. The van der Waals surface area contributed by atoms with E-state index in [-0.39, 0.29) is 17.6 Å². The van der Waals surface area contributed by atoms with Crippen molar-refractivity contribution in [3.8, 4) is 0 Å². The third-order valence-electron chi connectivity index (χ3n) is 4.53. The fourth-order valence-corrected chi connectivity index (χ4v) is 3.65. The van der Waals surface area contributed by atoms with Crippen LogP contribution in [0.4, 0.5) is 0 Å². The molecule has 0 bridgehead atoms. The molecule has 1 amide bonds. The average molecular weight is 257 g/mol. The van der Waals surface area contributed by atoms with E-state index in [0.29, 0.717) is 6.54 Å². The molecule has 0 aromatic carbocycles. The van der Waals surface area contributed by atoms with Crippen LogP contribution >= 0.6 is 0 Å². The van der Waals surface area contributed by atoms with Crippen molar-refractivity contribution in [1.82, 2.24) is 4.90 Å². The highest BCUT2D eigenvalue weighted by molar-refractivity contribution is 5.94. The number of hydrogen-bond acceptors (Lipinski definition) is 3. The summed E-state index contributed by atoms with van der Waals surface area (Å²) in [6.45, 7) is 0.712. The number of fused-ring (bicyclic) bond motifs is 1. The van der Waals surface area contributed by atoms with Gasteiger partial charge in [0, 0.05) is 38.1 Å². The summed E-state index contributed by atoms with van der Waals surface area (Å²) in [5.74, 6) is 1.10. The fourth-order valence-electron chi connectivity index (χ4n) is 3.65. The molecule has 0 unspecified atom stereocenters. The van der Waals surface area contributed by atoms with Crippen molar-refractivity contribution in [1.29, 1.82) is 0 Å². The highest BCUT2D eigenvalue weighted by Crippen LogP contribution is 2.51. The second-order valence-electron chi connectivity index (χ2n) is 5.29. The Balaban J connectivity index is 1.94. The van der Waals surface area contributed by atoms with Crippen molar-refractivity contribution < 1.29 is 13.9 Å². The zero-order valence-electron chi connectivity index (χ0n) is 10.8. The predicted octanol–water partition coefficient (Wildman–Crippen LogP) is 1.77. The molecule has 0 saturated carbocycles. The van der Waals surface area contributed by atoms with Gasteiger partial charge < -0.3 is 14.1 Å². The number of rotatable bonds is 1. The van der Waals surface area contributed by atoms with Crippen LogP contribution < -0.4 is 0 Å². The molecule has 0 radical (unpaired) electrons. The lowest BCUT2D eigenvalue weighted by atomic mass is 9.73. The summed E-state index contributed by atoms with van der Waals surface area (Å²) in [6.07, 6.45) is 9.13. The normalized spacial score (nSPS) is 31.8. The molecule has 0 saturated heterocycles. The fraction of sp³-hybridized carbons (Fsp3) is 0.400. The number of furan rings is 1. The van der Waals surface area contributed by atoms with E-state index in [4.69, 9.17) is 9.15 Å². The van der Waals surface area contributed by atoms with E-state index in [9.17, 15) is 4.79 Å². The van der Waals surface area contributed by atoms with Gasteiger partial charge in [-0.25, -0.2) is 0 Å². The van der Waals surface area contributed by atoms with Gasteiger partial charge in [-0.15, -0.1) is 0 Å². The maximum Gasteiger partial charge on any atom is 0.247 e. The molecule has 4 heteroatoms. The van der Waals surface area contributed by atoms with Gasteiger partial charge in [-0.1, -0.05) is 12.2 Å². The minimum absolute atomic E-state index is 0.0337. The molecule has 1 aliphatic carbocycles. The number of ether oxygens (including phenoxy) is 1. The van der Waals surface area contributed by atoms with Crippen LogP contribution in [-0.4, -0.2) is 30.6 Å². The molecule has 1 aromatic heterocycles. The Morgan fingerprint density at radius 2 is 2.42 bits per heavy atom. The van der Waals surface area contributed by atoms with E-state index in [1.54, 1.807) is 19.4 Å². The van der Waals surface area contributed by atoms with Gasteiger partial charge in [0.15, 0.2) is 0 Å². The van der Waals surface area contributed by atoms with Crippen molar-refractivity contribution in [3.63, 3.8) is 0 Å². The molecule has 3 aliphatic rings. The lowest BCUT2D eigenvalue weighted by molar-refractivity contribution is -0.130. The first-order valence-corrected chi connectivity index (χ1v) is 6.57. The summed E-state index contributed by atoms with van der Waals surface area (Å²) in [7, 11) is 1.71. The van der Waals surface area contributed by atoms with Crippen LogP contribution in [-0.2, 0) is 21.5 Å². The Morgan fingerprint density at radius 3 is 3.26 bits per heavy atom. The summed E-state index contributed by atoms with van der Waals surface area (Å²) in [5, 5.41) is 0. The third-order valence-corrected chi connectivity index (χ3v) is 4.53. The molecule has 2 atom stereocenters. The SMILES string of the molecule is CO[C@@H]1C=CC2=CC(=O)N3CCc4occc4[C@]23C1. The highest BCUT2D eigenvalue weighted by atomic mass is 16.5. The summed E-state index contributed by atoms with van der Waals surface area (Å²) in [6, 6.07) is 2.00. The van der Waals surface area contributed by atoms with Gasteiger partial charge in [0.1, 0.15) is 5.76 Å². The maximum atomic E-state index is 12.2. The van der Waals surface area contributed by atoms with Crippen LogP contribution in [0.25, 0.3) is 0 Å². The Bertz CT molecular complexity index is 613.